The van der Waals surface area contributed by atoms with Crippen LogP contribution < -0.4 is 4.74 Å². The molecular formula is C19H13NO3. The first-order valence-electron chi connectivity index (χ1n) is 7.25. The number of ether oxygens (including phenoxy) is 1. The Bertz CT molecular complexity index is 989. The summed E-state index contributed by atoms with van der Waals surface area (Å²) < 4.78 is 5.94. The zero-order valence-electron chi connectivity index (χ0n) is 12.4. The first kappa shape index (κ1) is 13.5. The maximum atomic E-state index is 12.5. The molecule has 3 aromatic rings. The Morgan fingerprint density at radius 1 is 0.957 bits per heavy atom. The highest BCUT2D eigenvalue weighted by atomic mass is 16.5. The van der Waals surface area contributed by atoms with Crippen LogP contribution in [0.15, 0.2) is 60.7 Å². The molecule has 1 heterocycles. The van der Waals surface area contributed by atoms with Crippen LogP contribution >= 0.6 is 0 Å². The molecule has 0 saturated carbocycles. The van der Waals surface area contributed by atoms with Crippen LogP contribution in [0.3, 0.4) is 0 Å². The Morgan fingerprint density at radius 3 is 2.48 bits per heavy atom. The van der Waals surface area contributed by atoms with Gasteiger partial charge in [0.1, 0.15) is 11.3 Å². The number of methoxy groups -OCH3 is 1. The van der Waals surface area contributed by atoms with Crippen LogP contribution in [-0.2, 0) is 0 Å². The standard InChI is InChI=1S/C19H13NO3/c1-23-15-9-8-12-10-14(7-6-13(12)11-15)18-19(21)16-4-2-3-5-17(16)20(18)22/h2-11H,1H3. The highest BCUT2D eigenvalue weighted by molar-refractivity contribution is 6.52. The number of para-hydroxylation sites is 1. The Kier molecular flexibility index (Phi) is 2.91. The molecule has 4 heteroatoms. The van der Waals surface area contributed by atoms with E-state index in [9.17, 15) is 10.0 Å². The van der Waals surface area contributed by atoms with Gasteiger partial charge in [0, 0.05) is 6.07 Å². The highest BCUT2D eigenvalue weighted by Crippen LogP contribution is 2.29. The van der Waals surface area contributed by atoms with E-state index >= 15 is 0 Å². The third kappa shape index (κ3) is 1.99. The van der Waals surface area contributed by atoms with Crippen molar-refractivity contribution in [2.45, 2.75) is 0 Å². The van der Waals surface area contributed by atoms with Crippen molar-refractivity contribution >= 4 is 28.0 Å². The Labute approximate surface area is 132 Å². The number of fused-ring (bicyclic) bond motifs is 2. The summed E-state index contributed by atoms with van der Waals surface area (Å²) in [4.78, 5) is 12.5. The third-order valence-electron chi connectivity index (χ3n) is 4.11. The molecule has 0 fully saturated rings. The molecule has 0 radical (unpaired) electrons. The summed E-state index contributed by atoms with van der Waals surface area (Å²) in [6.07, 6.45) is 0. The molecule has 0 N–H and O–H groups in total. The molecule has 0 atom stereocenters. The lowest BCUT2D eigenvalue weighted by molar-refractivity contribution is -0.355. The van der Waals surface area contributed by atoms with Gasteiger partial charge < -0.3 is 9.94 Å². The first-order chi connectivity index (χ1) is 11.2. The van der Waals surface area contributed by atoms with Gasteiger partial charge in [0.2, 0.25) is 5.69 Å². The summed E-state index contributed by atoms with van der Waals surface area (Å²) in [5, 5.41) is 14.4. The summed E-state index contributed by atoms with van der Waals surface area (Å²) in [6.45, 7) is 0. The lowest BCUT2D eigenvalue weighted by Crippen LogP contribution is -2.16. The van der Waals surface area contributed by atoms with E-state index in [1.807, 2.05) is 30.3 Å². The van der Waals surface area contributed by atoms with Crippen molar-refractivity contribution in [3.63, 3.8) is 0 Å². The van der Waals surface area contributed by atoms with Gasteiger partial charge in [0.15, 0.2) is 0 Å². The average molecular weight is 303 g/mol. The largest absolute Gasteiger partial charge is 0.618 e. The SMILES string of the molecule is COc1ccc2cc(C3=[N+]([O-])c4ccccc4C3=O)ccc2c1. The molecule has 1 aliphatic rings. The number of rotatable bonds is 2. The first-order valence-corrected chi connectivity index (χ1v) is 7.25. The van der Waals surface area contributed by atoms with Gasteiger partial charge in [0.05, 0.1) is 12.7 Å². The average Bonchev–Trinajstić information content (AvgIpc) is 2.85. The van der Waals surface area contributed by atoms with Gasteiger partial charge >= 0.3 is 0 Å². The number of hydrogen-bond donors (Lipinski definition) is 0. The zero-order valence-corrected chi connectivity index (χ0v) is 12.4. The number of ketones is 1. The summed E-state index contributed by atoms with van der Waals surface area (Å²) in [5.74, 6) is 0.538. The minimum atomic E-state index is -0.233. The summed E-state index contributed by atoms with van der Waals surface area (Å²) in [5.41, 5.74) is 1.65. The number of nitrogens with zero attached hydrogens (tertiary/aromatic N) is 1. The van der Waals surface area contributed by atoms with E-state index in [-0.39, 0.29) is 11.5 Å². The molecule has 0 unspecified atom stereocenters. The molecule has 0 aliphatic carbocycles. The maximum Gasteiger partial charge on any atom is 0.272 e. The number of hydrogen-bond acceptors (Lipinski definition) is 3. The van der Waals surface area contributed by atoms with E-state index < -0.39 is 0 Å². The van der Waals surface area contributed by atoms with E-state index in [2.05, 4.69) is 0 Å². The van der Waals surface area contributed by atoms with Gasteiger partial charge in [-0.15, -0.1) is 0 Å². The number of carbonyl (C=O) groups is 1. The summed E-state index contributed by atoms with van der Waals surface area (Å²) in [7, 11) is 1.62. The minimum Gasteiger partial charge on any atom is -0.618 e. The van der Waals surface area contributed by atoms with Gasteiger partial charge in [-0.3, -0.25) is 4.79 Å². The zero-order chi connectivity index (χ0) is 16.0. The molecule has 0 saturated heterocycles. The number of carbonyl (C=O) groups excluding carboxylic acids is 1. The van der Waals surface area contributed by atoms with Crippen molar-refractivity contribution in [2.75, 3.05) is 7.11 Å². The molecular weight excluding hydrogens is 290 g/mol. The second kappa shape index (κ2) is 4.95. The monoisotopic (exact) mass is 303 g/mol. The molecule has 0 spiro atoms. The second-order valence-corrected chi connectivity index (χ2v) is 5.42. The second-order valence-electron chi connectivity index (χ2n) is 5.42. The topological polar surface area (TPSA) is 52.4 Å². The predicted octanol–water partition coefficient (Wildman–Crippen LogP) is 3.68. The fourth-order valence-electron chi connectivity index (χ4n) is 2.93. The molecule has 0 amide bonds. The van der Waals surface area contributed by atoms with Crippen molar-refractivity contribution in [1.82, 2.24) is 0 Å². The van der Waals surface area contributed by atoms with Crippen LogP contribution in [0.1, 0.15) is 15.9 Å². The molecule has 3 aromatic carbocycles. The maximum absolute atomic E-state index is 12.5. The molecule has 4 nitrogen and oxygen atoms in total. The lowest BCUT2D eigenvalue weighted by Gasteiger charge is -2.05. The molecule has 0 aromatic heterocycles. The van der Waals surface area contributed by atoms with Crippen LogP contribution in [0.25, 0.3) is 10.8 Å². The number of benzene rings is 3. The van der Waals surface area contributed by atoms with E-state index in [4.69, 9.17) is 4.74 Å². The van der Waals surface area contributed by atoms with E-state index in [1.54, 1.807) is 37.4 Å². The van der Waals surface area contributed by atoms with Gasteiger partial charge in [-0.25, -0.2) is 0 Å². The van der Waals surface area contributed by atoms with Crippen LogP contribution in [0.4, 0.5) is 5.69 Å². The molecule has 1 aliphatic heterocycles. The Morgan fingerprint density at radius 2 is 1.70 bits per heavy atom. The Balaban J connectivity index is 1.87. The van der Waals surface area contributed by atoms with Crippen LogP contribution in [0.2, 0.25) is 0 Å². The van der Waals surface area contributed by atoms with Gasteiger partial charge in [-0.2, -0.15) is 4.74 Å². The van der Waals surface area contributed by atoms with Gasteiger partial charge in [-0.05, 0) is 41.1 Å². The molecule has 23 heavy (non-hydrogen) atoms. The predicted molar refractivity (Wildman–Crippen MR) is 88.7 cm³/mol. The smallest absolute Gasteiger partial charge is 0.272 e. The van der Waals surface area contributed by atoms with Crippen molar-refractivity contribution in [3.05, 3.63) is 77.0 Å². The van der Waals surface area contributed by atoms with Gasteiger partial charge in [-0.1, -0.05) is 24.3 Å². The fraction of sp³-hybridized carbons (Fsp3) is 0.0526. The van der Waals surface area contributed by atoms with E-state index in [1.165, 1.54) is 0 Å². The lowest BCUT2D eigenvalue weighted by atomic mass is 10.00. The molecule has 0 bridgehead atoms. The van der Waals surface area contributed by atoms with E-state index in [0.717, 1.165) is 21.3 Å². The van der Waals surface area contributed by atoms with Crippen molar-refractivity contribution in [2.24, 2.45) is 0 Å². The van der Waals surface area contributed by atoms with Gasteiger partial charge in [0.25, 0.3) is 11.5 Å². The fourth-order valence-corrected chi connectivity index (χ4v) is 2.93. The van der Waals surface area contributed by atoms with Crippen LogP contribution in [-0.4, -0.2) is 23.3 Å². The minimum absolute atomic E-state index is 0.170. The van der Waals surface area contributed by atoms with Crippen molar-refractivity contribution in [3.8, 4) is 5.75 Å². The molecule has 112 valence electrons. The van der Waals surface area contributed by atoms with Crippen molar-refractivity contribution < 1.29 is 14.3 Å². The van der Waals surface area contributed by atoms with Crippen molar-refractivity contribution in [1.29, 1.82) is 0 Å². The number of Topliss-reactive ketones (excluding diaryl/α,β-unsaturated/α-hetero) is 1. The third-order valence-corrected chi connectivity index (χ3v) is 4.11. The van der Waals surface area contributed by atoms with E-state index in [0.29, 0.717) is 16.8 Å². The molecule has 4 rings (SSSR count). The summed E-state index contributed by atoms with van der Waals surface area (Å²) in [6, 6.07) is 18.1. The highest BCUT2D eigenvalue weighted by Gasteiger charge is 2.36. The quantitative estimate of drug-likeness (QED) is 0.536. The van der Waals surface area contributed by atoms with Crippen LogP contribution in [0, 0.1) is 5.21 Å². The Hall–Kier alpha value is -3.14. The normalized spacial score (nSPS) is 13.5. The summed E-state index contributed by atoms with van der Waals surface area (Å²) >= 11 is 0. The van der Waals surface area contributed by atoms with Crippen LogP contribution in [0.5, 0.6) is 5.75 Å².